The van der Waals surface area contributed by atoms with Gasteiger partial charge in [-0.15, -0.1) is 0 Å². The van der Waals surface area contributed by atoms with Crippen molar-refractivity contribution in [3.05, 3.63) is 74.8 Å². The summed E-state index contributed by atoms with van der Waals surface area (Å²) in [6.45, 7) is 0. The van der Waals surface area contributed by atoms with E-state index in [1.54, 1.807) is 12.1 Å². The number of rotatable bonds is 3. The Labute approximate surface area is 149 Å². The van der Waals surface area contributed by atoms with Gasteiger partial charge in [-0.1, -0.05) is 30.3 Å². The molecule has 26 heavy (non-hydrogen) atoms. The molecule has 1 aliphatic heterocycles. The summed E-state index contributed by atoms with van der Waals surface area (Å²) in [5.74, 6) is 0.196. The molecule has 132 valence electrons. The lowest BCUT2D eigenvalue weighted by atomic mass is 9.83. The molecule has 0 fully saturated rings. The smallest absolute Gasteiger partial charge is 0.319 e. The van der Waals surface area contributed by atoms with Crippen LogP contribution in [0.25, 0.3) is 5.70 Å². The van der Waals surface area contributed by atoms with Gasteiger partial charge in [0.05, 0.1) is 23.8 Å². The maximum atomic E-state index is 12.2. The highest BCUT2D eigenvalue weighted by Crippen LogP contribution is 2.40. The molecule has 1 atom stereocenters. The van der Waals surface area contributed by atoms with Gasteiger partial charge in [0.1, 0.15) is 0 Å². The molecule has 1 heterocycles. The zero-order valence-electron chi connectivity index (χ0n) is 14.1. The maximum Gasteiger partial charge on any atom is 0.319 e. The predicted octanol–water partition coefficient (Wildman–Crippen LogP) is 3.31. The van der Waals surface area contributed by atoms with Crippen LogP contribution in [0, 0.1) is 10.1 Å². The molecule has 0 bridgehead atoms. The molecule has 0 saturated carbocycles. The van der Waals surface area contributed by atoms with Gasteiger partial charge in [0.2, 0.25) is 0 Å². The van der Waals surface area contributed by atoms with Crippen LogP contribution in [-0.2, 0) is 6.42 Å². The number of nitrogens with one attached hydrogen (secondary N) is 2. The van der Waals surface area contributed by atoms with E-state index >= 15 is 0 Å². The molecule has 0 saturated heterocycles. The van der Waals surface area contributed by atoms with Crippen LogP contribution in [0.4, 0.5) is 10.5 Å². The van der Waals surface area contributed by atoms with Crippen molar-refractivity contribution in [1.29, 1.82) is 0 Å². The minimum atomic E-state index is -0.476. The largest absolute Gasteiger partial charge is 0.490 e. The second-order valence-electron chi connectivity index (χ2n) is 6.28. The van der Waals surface area contributed by atoms with E-state index in [9.17, 15) is 14.9 Å². The molecule has 0 aromatic heterocycles. The molecule has 1 unspecified atom stereocenters. The fraction of sp³-hybridized carbons (Fsp3) is 0.211. The Balaban J connectivity index is 1.83. The molecule has 2 aromatic rings. The number of ether oxygens (including phenoxy) is 1. The molecule has 2 aliphatic rings. The number of hydrogen-bond donors (Lipinski definition) is 2. The second-order valence-corrected chi connectivity index (χ2v) is 6.28. The normalized spacial score (nSPS) is 18.3. The zero-order valence-corrected chi connectivity index (χ0v) is 14.1. The van der Waals surface area contributed by atoms with E-state index < -0.39 is 11.0 Å². The highest BCUT2D eigenvalue weighted by atomic mass is 16.6. The number of nitro groups is 1. The van der Waals surface area contributed by atoms with Gasteiger partial charge < -0.3 is 15.4 Å². The Morgan fingerprint density at radius 1 is 1.19 bits per heavy atom. The topological polar surface area (TPSA) is 93.5 Å². The lowest BCUT2D eigenvalue weighted by Crippen LogP contribution is -2.44. The van der Waals surface area contributed by atoms with Gasteiger partial charge >= 0.3 is 11.7 Å². The summed E-state index contributed by atoms with van der Waals surface area (Å²) in [6.07, 6.45) is 1.63. The number of amides is 2. The molecule has 4 rings (SSSR count). The molecule has 7 nitrogen and oxygen atoms in total. The summed E-state index contributed by atoms with van der Waals surface area (Å²) in [4.78, 5) is 23.1. The Kier molecular flexibility index (Phi) is 3.84. The van der Waals surface area contributed by atoms with Crippen LogP contribution in [0.1, 0.15) is 29.2 Å². The number of carbonyl (C=O) groups excluding carboxylic acids is 1. The minimum Gasteiger partial charge on any atom is -0.490 e. The first-order valence-electron chi connectivity index (χ1n) is 8.29. The second kappa shape index (κ2) is 6.18. The standard InChI is InChI=1S/C19H17N3O4/c1-26-16-9-7-12(10-15(16)22(24)25)17-14-8-6-11-4-2-3-5-13(11)18(14)21-19(23)20-17/h2-5,7,9-10,17H,6,8H2,1H3,(H2,20,21,23). The van der Waals surface area contributed by atoms with Gasteiger partial charge in [-0.3, -0.25) is 10.1 Å². The summed E-state index contributed by atoms with van der Waals surface area (Å²) in [7, 11) is 1.40. The molecule has 0 radical (unpaired) electrons. The number of methoxy groups -OCH3 is 1. The molecular weight excluding hydrogens is 334 g/mol. The number of nitro benzene ring substituents is 1. The predicted molar refractivity (Wildman–Crippen MR) is 95.7 cm³/mol. The van der Waals surface area contributed by atoms with E-state index in [0.717, 1.165) is 29.7 Å². The molecule has 2 amide bonds. The van der Waals surface area contributed by atoms with Gasteiger partial charge in [-0.2, -0.15) is 0 Å². The molecule has 1 aliphatic carbocycles. The van der Waals surface area contributed by atoms with Crippen LogP contribution in [0.5, 0.6) is 5.75 Å². The van der Waals surface area contributed by atoms with Gasteiger partial charge in [0, 0.05) is 11.6 Å². The lowest BCUT2D eigenvalue weighted by molar-refractivity contribution is -0.385. The number of benzene rings is 2. The van der Waals surface area contributed by atoms with Crippen LogP contribution in [0.15, 0.2) is 48.0 Å². The maximum absolute atomic E-state index is 12.2. The highest BCUT2D eigenvalue weighted by Gasteiger charge is 2.33. The molecule has 7 heteroatoms. The van der Waals surface area contributed by atoms with Crippen molar-refractivity contribution in [2.24, 2.45) is 0 Å². The van der Waals surface area contributed by atoms with E-state index in [1.807, 2.05) is 18.2 Å². The highest BCUT2D eigenvalue weighted by molar-refractivity contribution is 5.91. The Morgan fingerprint density at radius 2 is 2.00 bits per heavy atom. The molecule has 0 spiro atoms. The summed E-state index contributed by atoms with van der Waals surface area (Å²) < 4.78 is 5.07. The van der Waals surface area contributed by atoms with Crippen LogP contribution >= 0.6 is 0 Å². The van der Waals surface area contributed by atoms with Crippen LogP contribution in [0.3, 0.4) is 0 Å². The molecule has 2 N–H and O–H groups in total. The van der Waals surface area contributed by atoms with Crippen LogP contribution in [-0.4, -0.2) is 18.1 Å². The quantitative estimate of drug-likeness (QED) is 0.655. The monoisotopic (exact) mass is 351 g/mol. The van der Waals surface area contributed by atoms with Crippen LogP contribution in [0.2, 0.25) is 0 Å². The van der Waals surface area contributed by atoms with E-state index in [2.05, 4.69) is 16.7 Å². The lowest BCUT2D eigenvalue weighted by Gasteiger charge is -2.34. The Morgan fingerprint density at radius 3 is 2.77 bits per heavy atom. The Bertz CT molecular complexity index is 952. The third-order valence-electron chi connectivity index (χ3n) is 4.87. The zero-order chi connectivity index (χ0) is 18.3. The summed E-state index contributed by atoms with van der Waals surface area (Å²) >= 11 is 0. The van der Waals surface area contributed by atoms with E-state index in [4.69, 9.17) is 4.74 Å². The fourth-order valence-corrected chi connectivity index (χ4v) is 3.67. The average molecular weight is 351 g/mol. The summed E-state index contributed by atoms with van der Waals surface area (Å²) in [6, 6.07) is 12.0. The van der Waals surface area contributed by atoms with Crippen molar-refractivity contribution in [2.75, 3.05) is 7.11 Å². The van der Waals surface area contributed by atoms with E-state index in [-0.39, 0.29) is 17.5 Å². The third-order valence-corrected chi connectivity index (χ3v) is 4.87. The van der Waals surface area contributed by atoms with Gasteiger partial charge in [-0.05, 0) is 35.6 Å². The van der Waals surface area contributed by atoms with Crippen molar-refractivity contribution >= 4 is 17.4 Å². The van der Waals surface area contributed by atoms with Crippen molar-refractivity contribution in [1.82, 2.24) is 10.6 Å². The van der Waals surface area contributed by atoms with Gasteiger partial charge in [-0.25, -0.2) is 4.79 Å². The third kappa shape index (κ3) is 2.57. The number of carbonyl (C=O) groups is 1. The van der Waals surface area contributed by atoms with Crippen molar-refractivity contribution in [2.45, 2.75) is 18.9 Å². The average Bonchev–Trinajstić information content (AvgIpc) is 2.66. The van der Waals surface area contributed by atoms with Crippen LogP contribution < -0.4 is 15.4 Å². The van der Waals surface area contributed by atoms with Crippen molar-refractivity contribution in [3.63, 3.8) is 0 Å². The fourth-order valence-electron chi connectivity index (χ4n) is 3.67. The summed E-state index contributed by atoms with van der Waals surface area (Å²) in [5.41, 5.74) is 4.58. The number of urea groups is 1. The number of hydrogen-bond acceptors (Lipinski definition) is 4. The van der Waals surface area contributed by atoms with Gasteiger partial charge in [0.25, 0.3) is 0 Å². The number of aryl methyl sites for hydroxylation is 1. The summed E-state index contributed by atoms with van der Waals surface area (Å²) in [5, 5.41) is 17.1. The Hall–Kier alpha value is -3.35. The SMILES string of the molecule is COc1ccc(C2NC(=O)NC3=C2CCc2ccccc23)cc1[N+](=O)[O-]. The van der Waals surface area contributed by atoms with Gasteiger partial charge in [0.15, 0.2) is 5.75 Å². The van der Waals surface area contributed by atoms with E-state index in [0.29, 0.717) is 5.56 Å². The minimum absolute atomic E-state index is 0.115. The first-order chi connectivity index (χ1) is 12.6. The molecule has 2 aromatic carbocycles. The first kappa shape index (κ1) is 16.1. The molecular formula is C19H17N3O4. The number of fused-ring (bicyclic) bond motifs is 2. The van der Waals surface area contributed by atoms with E-state index in [1.165, 1.54) is 18.7 Å². The first-order valence-corrected chi connectivity index (χ1v) is 8.29. The number of nitrogens with zero attached hydrogens (tertiary/aromatic N) is 1. The van der Waals surface area contributed by atoms with Crippen molar-refractivity contribution < 1.29 is 14.5 Å². The van der Waals surface area contributed by atoms with Crippen molar-refractivity contribution in [3.8, 4) is 5.75 Å².